The van der Waals surface area contributed by atoms with Gasteiger partial charge in [-0.05, 0) is 37.6 Å². The van der Waals surface area contributed by atoms with Gasteiger partial charge in [-0.15, -0.1) is 0 Å². The Morgan fingerprint density at radius 3 is 2.33 bits per heavy atom. The van der Waals surface area contributed by atoms with E-state index in [2.05, 4.69) is 49.1 Å². The maximum atomic E-state index is 9.26. The number of nitrogens with zero attached hydrogens (tertiary/aromatic N) is 1. The molecule has 2 aromatic carbocycles. The van der Waals surface area contributed by atoms with Crippen molar-refractivity contribution in [3.05, 3.63) is 59.7 Å². The van der Waals surface area contributed by atoms with Crippen molar-refractivity contribution in [2.75, 3.05) is 18.1 Å². The van der Waals surface area contributed by atoms with E-state index in [-0.39, 0.29) is 6.61 Å². The molecule has 2 heteroatoms. The first-order chi connectivity index (χ1) is 8.72. The number of benzene rings is 2. The molecule has 0 saturated carbocycles. The van der Waals surface area contributed by atoms with Gasteiger partial charge in [0.2, 0.25) is 0 Å². The van der Waals surface area contributed by atoms with Gasteiger partial charge in [0.25, 0.3) is 0 Å². The fourth-order valence-electron chi connectivity index (χ4n) is 2.20. The van der Waals surface area contributed by atoms with Crippen LogP contribution in [0.5, 0.6) is 0 Å². The van der Waals surface area contributed by atoms with Gasteiger partial charge in [-0.2, -0.15) is 0 Å². The molecule has 0 aliphatic heterocycles. The van der Waals surface area contributed by atoms with E-state index in [0.717, 1.165) is 11.4 Å². The van der Waals surface area contributed by atoms with Gasteiger partial charge < -0.3 is 10.0 Å². The summed E-state index contributed by atoms with van der Waals surface area (Å²) in [6, 6.07) is 16.6. The van der Waals surface area contributed by atoms with Crippen molar-refractivity contribution < 1.29 is 5.11 Å². The van der Waals surface area contributed by atoms with Crippen LogP contribution < -0.4 is 4.90 Å². The Hall–Kier alpha value is -1.80. The Bertz CT molecular complexity index is 508. The SMILES string of the molecule is Cc1ccc(N(CCO)c2ccccc2)c(C)c1. The van der Waals surface area contributed by atoms with Crippen LogP contribution in [-0.2, 0) is 0 Å². The summed E-state index contributed by atoms with van der Waals surface area (Å²) >= 11 is 0. The van der Waals surface area contributed by atoms with Crippen molar-refractivity contribution in [1.82, 2.24) is 0 Å². The van der Waals surface area contributed by atoms with E-state index in [0.29, 0.717) is 6.54 Å². The molecule has 2 nitrogen and oxygen atoms in total. The second-order valence-corrected chi connectivity index (χ2v) is 4.50. The second-order valence-electron chi connectivity index (χ2n) is 4.50. The first-order valence-corrected chi connectivity index (χ1v) is 6.23. The molecule has 2 aromatic rings. The Balaban J connectivity index is 2.41. The van der Waals surface area contributed by atoms with Crippen LogP contribution in [0, 0.1) is 13.8 Å². The van der Waals surface area contributed by atoms with Crippen LogP contribution in [0.25, 0.3) is 0 Å². The highest BCUT2D eigenvalue weighted by Crippen LogP contribution is 2.28. The minimum atomic E-state index is 0.141. The standard InChI is InChI=1S/C16H19NO/c1-13-8-9-16(14(2)12-13)17(10-11-18)15-6-4-3-5-7-15/h3-9,12,18H,10-11H2,1-2H3. The Labute approximate surface area is 109 Å². The van der Waals surface area contributed by atoms with E-state index < -0.39 is 0 Å². The van der Waals surface area contributed by atoms with Crippen molar-refractivity contribution >= 4 is 11.4 Å². The molecular weight excluding hydrogens is 222 g/mol. The maximum absolute atomic E-state index is 9.26. The minimum Gasteiger partial charge on any atom is -0.395 e. The molecule has 0 aliphatic rings. The zero-order valence-electron chi connectivity index (χ0n) is 10.9. The molecule has 18 heavy (non-hydrogen) atoms. The van der Waals surface area contributed by atoms with Gasteiger partial charge in [-0.1, -0.05) is 35.9 Å². The maximum Gasteiger partial charge on any atom is 0.0610 e. The van der Waals surface area contributed by atoms with E-state index >= 15 is 0 Å². The summed E-state index contributed by atoms with van der Waals surface area (Å²) in [5, 5.41) is 9.26. The van der Waals surface area contributed by atoms with Gasteiger partial charge >= 0.3 is 0 Å². The van der Waals surface area contributed by atoms with Crippen molar-refractivity contribution in [3.8, 4) is 0 Å². The zero-order chi connectivity index (χ0) is 13.0. The quantitative estimate of drug-likeness (QED) is 0.886. The summed E-state index contributed by atoms with van der Waals surface area (Å²) in [5.74, 6) is 0. The lowest BCUT2D eigenvalue weighted by Gasteiger charge is -2.26. The molecule has 94 valence electrons. The summed E-state index contributed by atoms with van der Waals surface area (Å²) < 4.78 is 0. The highest BCUT2D eigenvalue weighted by atomic mass is 16.3. The Morgan fingerprint density at radius 2 is 1.72 bits per heavy atom. The normalized spacial score (nSPS) is 10.4. The molecule has 0 bridgehead atoms. The molecule has 0 fully saturated rings. The summed E-state index contributed by atoms with van der Waals surface area (Å²) in [6.45, 7) is 4.95. The summed E-state index contributed by atoms with van der Waals surface area (Å²) in [6.07, 6.45) is 0. The number of aliphatic hydroxyl groups is 1. The second kappa shape index (κ2) is 5.69. The zero-order valence-corrected chi connectivity index (χ0v) is 10.9. The molecule has 1 N–H and O–H groups in total. The highest BCUT2D eigenvalue weighted by Gasteiger charge is 2.10. The first kappa shape index (κ1) is 12.7. The molecule has 0 atom stereocenters. The van der Waals surface area contributed by atoms with Gasteiger partial charge in [0.15, 0.2) is 0 Å². The number of anilines is 2. The predicted octanol–water partition coefficient (Wildman–Crippen LogP) is 3.43. The van der Waals surface area contributed by atoms with E-state index in [4.69, 9.17) is 0 Å². The molecule has 0 heterocycles. The van der Waals surface area contributed by atoms with Crippen LogP contribution in [0.3, 0.4) is 0 Å². The lowest BCUT2D eigenvalue weighted by molar-refractivity contribution is 0.305. The number of para-hydroxylation sites is 1. The lowest BCUT2D eigenvalue weighted by atomic mass is 10.1. The highest BCUT2D eigenvalue weighted by molar-refractivity contribution is 5.66. The van der Waals surface area contributed by atoms with Gasteiger partial charge in [0.1, 0.15) is 0 Å². The average Bonchev–Trinajstić information content (AvgIpc) is 2.38. The lowest BCUT2D eigenvalue weighted by Crippen LogP contribution is -2.21. The number of aliphatic hydroxyl groups excluding tert-OH is 1. The molecule has 2 rings (SSSR count). The molecule has 0 amide bonds. The van der Waals surface area contributed by atoms with Gasteiger partial charge in [0, 0.05) is 17.9 Å². The monoisotopic (exact) mass is 241 g/mol. The number of rotatable bonds is 4. The third-order valence-corrected chi connectivity index (χ3v) is 3.03. The molecular formula is C16H19NO. The summed E-state index contributed by atoms with van der Waals surface area (Å²) in [7, 11) is 0. The van der Waals surface area contributed by atoms with Crippen LogP contribution in [0.15, 0.2) is 48.5 Å². The Kier molecular flexibility index (Phi) is 4.00. The van der Waals surface area contributed by atoms with Crippen LogP contribution in [-0.4, -0.2) is 18.3 Å². The topological polar surface area (TPSA) is 23.5 Å². The van der Waals surface area contributed by atoms with Crippen molar-refractivity contribution in [2.45, 2.75) is 13.8 Å². The fraction of sp³-hybridized carbons (Fsp3) is 0.250. The van der Waals surface area contributed by atoms with Crippen LogP contribution >= 0.6 is 0 Å². The molecule has 0 radical (unpaired) electrons. The van der Waals surface area contributed by atoms with E-state index in [1.54, 1.807) is 0 Å². The van der Waals surface area contributed by atoms with Crippen LogP contribution in [0.2, 0.25) is 0 Å². The summed E-state index contributed by atoms with van der Waals surface area (Å²) in [5.41, 5.74) is 4.75. The number of aryl methyl sites for hydroxylation is 2. The molecule has 0 spiro atoms. The predicted molar refractivity (Wildman–Crippen MR) is 76.4 cm³/mol. The minimum absolute atomic E-state index is 0.141. The van der Waals surface area contributed by atoms with Crippen molar-refractivity contribution in [2.24, 2.45) is 0 Å². The fourth-order valence-corrected chi connectivity index (χ4v) is 2.20. The molecule has 0 aliphatic carbocycles. The van der Waals surface area contributed by atoms with Crippen molar-refractivity contribution in [3.63, 3.8) is 0 Å². The largest absolute Gasteiger partial charge is 0.395 e. The first-order valence-electron chi connectivity index (χ1n) is 6.23. The molecule has 0 unspecified atom stereocenters. The van der Waals surface area contributed by atoms with E-state index in [1.165, 1.54) is 11.1 Å². The average molecular weight is 241 g/mol. The van der Waals surface area contributed by atoms with Gasteiger partial charge in [0.05, 0.1) is 6.61 Å². The molecule has 0 aromatic heterocycles. The Morgan fingerprint density at radius 1 is 1.00 bits per heavy atom. The third-order valence-electron chi connectivity index (χ3n) is 3.03. The van der Waals surface area contributed by atoms with E-state index in [9.17, 15) is 5.11 Å². The number of hydrogen-bond donors (Lipinski definition) is 1. The third kappa shape index (κ3) is 2.71. The van der Waals surface area contributed by atoms with Gasteiger partial charge in [-0.3, -0.25) is 0 Å². The van der Waals surface area contributed by atoms with Crippen LogP contribution in [0.1, 0.15) is 11.1 Å². The van der Waals surface area contributed by atoms with Gasteiger partial charge in [-0.25, -0.2) is 0 Å². The smallest absolute Gasteiger partial charge is 0.0610 e. The summed E-state index contributed by atoms with van der Waals surface area (Å²) in [4.78, 5) is 2.15. The van der Waals surface area contributed by atoms with Crippen molar-refractivity contribution in [1.29, 1.82) is 0 Å². The molecule has 0 saturated heterocycles. The number of hydrogen-bond acceptors (Lipinski definition) is 2. The van der Waals surface area contributed by atoms with E-state index in [1.807, 2.05) is 18.2 Å². The van der Waals surface area contributed by atoms with Crippen LogP contribution in [0.4, 0.5) is 11.4 Å².